The topological polar surface area (TPSA) is 24.1 Å². The van der Waals surface area contributed by atoms with Crippen LogP contribution in [0.15, 0.2) is 24.3 Å². The summed E-state index contributed by atoms with van der Waals surface area (Å²) >= 11 is 0. The summed E-state index contributed by atoms with van der Waals surface area (Å²) in [5.41, 5.74) is 2.55. The normalized spacial score (nSPS) is 12.8. The molecule has 0 radical (unpaired) electrons. The van der Waals surface area contributed by atoms with E-state index in [0.717, 1.165) is 6.54 Å². The summed E-state index contributed by atoms with van der Waals surface area (Å²) in [5.74, 6) is 0. The molecule has 0 saturated heterocycles. The lowest BCUT2D eigenvalue weighted by Gasteiger charge is -2.15. The van der Waals surface area contributed by atoms with Crippen molar-refractivity contribution in [1.29, 1.82) is 0 Å². The van der Waals surface area contributed by atoms with Crippen LogP contribution >= 0.6 is 0 Å². The molecular weight excluding hydrogens is 196 g/mol. The molecule has 0 bridgehead atoms. The first-order valence-corrected chi connectivity index (χ1v) is 6.23. The van der Waals surface area contributed by atoms with Gasteiger partial charge in [0.05, 0.1) is 0 Å². The molecule has 2 heteroatoms. The molecule has 0 heterocycles. The first-order chi connectivity index (χ1) is 7.63. The molecule has 1 rings (SSSR count). The van der Waals surface area contributed by atoms with Gasteiger partial charge in [0.25, 0.3) is 0 Å². The van der Waals surface area contributed by atoms with Crippen molar-refractivity contribution in [2.75, 3.05) is 11.9 Å². The monoisotopic (exact) mass is 220 g/mol. The average Bonchev–Trinajstić information content (AvgIpc) is 2.26. The molecule has 0 aliphatic rings. The van der Waals surface area contributed by atoms with Gasteiger partial charge < -0.3 is 10.6 Å². The van der Waals surface area contributed by atoms with Crippen LogP contribution in [0.3, 0.4) is 0 Å². The second-order valence-corrected chi connectivity index (χ2v) is 4.60. The highest BCUT2D eigenvalue weighted by Crippen LogP contribution is 2.16. The van der Waals surface area contributed by atoms with Gasteiger partial charge in [-0.2, -0.15) is 0 Å². The standard InChI is InChI=1S/C14H24N2/c1-5-10-15-12(4)13-6-8-14(9-7-13)16-11(2)3/h6-9,11-12,15-16H,5,10H2,1-4H3. The van der Waals surface area contributed by atoms with Gasteiger partial charge in [-0.05, 0) is 51.4 Å². The van der Waals surface area contributed by atoms with Crippen molar-refractivity contribution in [3.05, 3.63) is 29.8 Å². The van der Waals surface area contributed by atoms with Gasteiger partial charge >= 0.3 is 0 Å². The first kappa shape index (κ1) is 13.0. The van der Waals surface area contributed by atoms with E-state index in [1.807, 2.05) is 0 Å². The number of hydrogen-bond donors (Lipinski definition) is 2. The minimum Gasteiger partial charge on any atom is -0.383 e. The van der Waals surface area contributed by atoms with E-state index in [-0.39, 0.29) is 0 Å². The summed E-state index contributed by atoms with van der Waals surface area (Å²) in [5, 5.41) is 6.88. The highest BCUT2D eigenvalue weighted by atomic mass is 14.9. The predicted molar refractivity (Wildman–Crippen MR) is 71.9 cm³/mol. The maximum absolute atomic E-state index is 3.49. The van der Waals surface area contributed by atoms with E-state index in [9.17, 15) is 0 Å². The first-order valence-electron chi connectivity index (χ1n) is 6.23. The Morgan fingerprint density at radius 1 is 1.06 bits per heavy atom. The molecule has 2 nitrogen and oxygen atoms in total. The molecule has 0 spiro atoms. The molecule has 0 aromatic heterocycles. The highest BCUT2D eigenvalue weighted by molar-refractivity contribution is 5.45. The van der Waals surface area contributed by atoms with Crippen molar-refractivity contribution in [2.45, 2.75) is 46.2 Å². The summed E-state index contributed by atoms with van der Waals surface area (Å²) in [7, 11) is 0. The zero-order valence-corrected chi connectivity index (χ0v) is 10.9. The van der Waals surface area contributed by atoms with Crippen molar-refractivity contribution in [3.8, 4) is 0 Å². The fraction of sp³-hybridized carbons (Fsp3) is 0.571. The van der Waals surface area contributed by atoms with Crippen molar-refractivity contribution in [2.24, 2.45) is 0 Å². The Balaban J connectivity index is 2.56. The van der Waals surface area contributed by atoms with Gasteiger partial charge in [-0.25, -0.2) is 0 Å². The fourth-order valence-electron chi connectivity index (χ4n) is 1.68. The van der Waals surface area contributed by atoms with Crippen LogP contribution in [0.25, 0.3) is 0 Å². The lowest BCUT2D eigenvalue weighted by molar-refractivity contribution is 0.571. The molecule has 1 aromatic rings. The van der Waals surface area contributed by atoms with E-state index < -0.39 is 0 Å². The van der Waals surface area contributed by atoms with Crippen LogP contribution in [0.4, 0.5) is 5.69 Å². The third kappa shape index (κ3) is 4.23. The summed E-state index contributed by atoms with van der Waals surface area (Å²) < 4.78 is 0. The third-order valence-electron chi connectivity index (χ3n) is 2.57. The van der Waals surface area contributed by atoms with Gasteiger partial charge in [-0.1, -0.05) is 19.1 Å². The molecule has 1 unspecified atom stereocenters. The van der Waals surface area contributed by atoms with Crippen molar-refractivity contribution in [3.63, 3.8) is 0 Å². The minimum absolute atomic E-state index is 0.438. The quantitative estimate of drug-likeness (QED) is 0.766. The van der Waals surface area contributed by atoms with E-state index in [4.69, 9.17) is 0 Å². The molecule has 0 saturated carbocycles. The van der Waals surface area contributed by atoms with Gasteiger partial charge in [0, 0.05) is 17.8 Å². The number of hydrogen-bond acceptors (Lipinski definition) is 2. The van der Waals surface area contributed by atoms with Crippen molar-refractivity contribution >= 4 is 5.69 Å². The molecule has 0 aliphatic heterocycles. The number of benzene rings is 1. The van der Waals surface area contributed by atoms with Crippen molar-refractivity contribution < 1.29 is 0 Å². The molecular formula is C14H24N2. The molecule has 2 N–H and O–H groups in total. The maximum atomic E-state index is 3.49. The smallest absolute Gasteiger partial charge is 0.0342 e. The SMILES string of the molecule is CCCNC(C)c1ccc(NC(C)C)cc1. The number of rotatable bonds is 6. The molecule has 90 valence electrons. The largest absolute Gasteiger partial charge is 0.383 e. The Kier molecular flexibility index (Phi) is 5.33. The highest BCUT2D eigenvalue weighted by Gasteiger charge is 2.03. The van der Waals surface area contributed by atoms with Gasteiger partial charge in [0.2, 0.25) is 0 Å². The van der Waals surface area contributed by atoms with Crippen molar-refractivity contribution in [1.82, 2.24) is 5.32 Å². The van der Waals surface area contributed by atoms with E-state index in [2.05, 4.69) is 62.6 Å². The van der Waals surface area contributed by atoms with Crippen LogP contribution in [0.5, 0.6) is 0 Å². The Bertz CT molecular complexity index is 290. The Morgan fingerprint density at radius 3 is 2.19 bits per heavy atom. The van der Waals surface area contributed by atoms with E-state index in [1.54, 1.807) is 0 Å². The maximum Gasteiger partial charge on any atom is 0.0342 e. The number of anilines is 1. The molecule has 16 heavy (non-hydrogen) atoms. The zero-order chi connectivity index (χ0) is 12.0. The summed E-state index contributed by atoms with van der Waals surface area (Å²) in [6.45, 7) is 9.78. The summed E-state index contributed by atoms with van der Waals surface area (Å²) in [4.78, 5) is 0. The Labute approximate surface area is 99.5 Å². The Morgan fingerprint density at radius 2 is 1.69 bits per heavy atom. The van der Waals surface area contributed by atoms with Gasteiger partial charge in [-0.3, -0.25) is 0 Å². The third-order valence-corrected chi connectivity index (χ3v) is 2.57. The second-order valence-electron chi connectivity index (χ2n) is 4.60. The molecule has 0 aliphatic carbocycles. The minimum atomic E-state index is 0.438. The number of nitrogens with one attached hydrogen (secondary N) is 2. The summed E-state index contributed by atoms with van der Waals surface area (Å²) in [6.07, 6.45) is 1.18. The van der Waals surface area contributed by atoms with Crippen LogP contribution in [0, 0.1) is 0 Å². The van der Waals surface area contributed by atoms with Crippen LogP contribution in [-0.4, -0.2) is 12.6 Å². The van der Waals surface area contributed by atoms with E-state index in [0.29, 0.717) is 12.1 Å². The van der Waals surface area contributed by atoms with Crippen LogP contribution in [0.1, 0.15) is 45.7 Å². The Hall–Kier alpha value is -1.02. The zero-order valence-electron chi connectivity index (χ0n) is 10.9. The second kappa shape index (κ2) is 6.54. The van der Waals surface area contributed by atoms with Gasteiger partial charge in [0.15, 0.2) is 0 Å². The predicted octanol–water partition coefficient (Wildman–Crippen LogP) is 3.57. The van der Waals surface area contributed by atoms with E-state index >= 15 is 0 Å². The molecule has 1 aromatic carbocycles. The molecule has 1 atom stereocenters. The summed E-state index contributed by atoms with van der Waals surface area (Å²) in [6, 6.07) is 9.61. The van der Waals surface area contributed by atoms with E-state index in [1.165, 1.54) is 17.7 Å². The lowest BCUT2D eigenvalue weighted by Crippen LogP contribution is -2.19. The average molecular weight is 220 g/mol. The lowest BCUT2D eigenvalue weighted by atomic mass is 10.1. The van der Waals surface area contributed by atoms with Gasteiger partial charge in [-0.15, -0.1) is 0 Å². The molecule has 0 amide bonds. The van der Waals surface area contributed by atoms with Crippen LogP contribution in [0.2, 0.25) is 0 Å². The fourth-order valence-corrected chi connectivity index (χ4v) is 1.68. The van der Waals surface area contributed by atoms with Gasteiger partial charge in [0.1, 0.15) is 0 Å². The van der Waals surface area contributed by atoms with Crippen LogP contribution in [-0.2, 0) is 0 Å². The molecule has 0 fully saturated rings. The van der Waals surface area contributed by atoms with Crippen LogP contribution < -0.4 is 10.6 Å².